The molecule has 0 unspecified atom stereocenters. The quantitative estimate of drug-likeness (QED) is 0.167. The number of aromatic nitrogens is 4. The molecule has 0 saturated heterocycles. The number of fused-ring (bicyclic) bond motifs is 9. The van der Waals surface area contributed by atoms with Crippen LogP contribution in [-0.2, 0) is 0 Å². The number of nitrogens with zero attached hydrogens (tertiary/aromatic N) is 4. The van der Waals surface area contributed by atoms with Crippen LogP contribution in [0.3, 0.4) is 0 Å². The summed E-state index contributed by atoms with van der Waals surface area (Å²) in [5.74, 6) is 0.660. The Kier molecular flexibility index (Phi) is 7.13. The molecule has 0 atom stereocenters. The van der Waals surface area contributed by atoms with Gasteiger partial charge in [0.2, 0.25) is 0 Å². The van der Waals surface area contributed by atoms with Crippen molar-refractivity contribution >= 4 is 84.8 Å². The number of thiophene rings is 2. The third-order valence-electron chi connectivity index (χ3n) is 11.9. The van der Waals surface area contributed by atoms with Crippen molar-refractivity contribution in [3.63, 3.8) is 0 Å². The van der Waals surface area contributed by atoms with E-state index < -0.39 is 18.1 Å². The Labute approximate surface area is 377 Å². The van der Waals surface area contributed by atoms with Crippen molar-refractivity contribution in [2.75, 3.05) is 0 Å². The largest absolute Gasteiger partial charge is 0.309 e. The van der Waals surface area contributed by atoms with Gasteiger partial charge in [-0.15, -0.1) is 22.7 Å². The second-order valence-corrected chi connectivity index (χ2v) is 17.7. The zero-order valence-corrected chi connectivity index (χ0v) is 35.0. The molecule has 294 valence electrons. The maximum absolute atomic E-state index is 9.09. The average molecular weight is 844 g/mol. The molecule has 13 rings (SSSR count). The van der Waals surface area contributed by atoms with Crippen molar-refractivity contribution < 1.29 is 6.85 Å². The van der Waals surface area contributed by atoms with Crippen LogP contribution in [0.15, 0.2) is 206 Å². The second kappa shape index (κ2) is 14.4. The summed E-state index contributed by atoms with van der Waals surface area (Å²) >= 11 is 3.31. The fourth-order valence-corrected chi connectivity index (χ4v) is 11.5. The maximum atomic E-state index is 9.09. The first-order valence-electron chi connectivity index (χ1n) is 23.2. The Morgan fingerprint density at radius 3 is 1.73 bits per heavy atom. The van der Waals surface area contributed by atoms with Gasteiger partial charge in [-0.25, -0.2) is 15.0 Å². The highest BCUT2D eigenvalue weighted by Gasteiger charge is 2.22. The molecule has 4 aromatic heterocycles. The lowest BCUT2D eigenvalue weighted by molar-refractivity contribution is 1.08. The molecule has 4 nitrogen and oxygen atoms in total. The highest BCUT2D eigenvalue weighted by atomic mass is 32.1. The molecule has 0 radical (unpaired) electrons. The predicted molar refractivity (Wildman–Crippen MR) is 267 cm³/mol. The third kappa shape index (κ3) is 5.91. The summed E-state index contributed by atoms with van der Waals surface area (Å²) < 4.78 is 50.3. The molecule has 0 fully saturated rings. The number of para-hydroxylation sites is 2. The van der Waals surface area contributed by atoms with Gasteiger partial charge in [-0.3, -0.25) is 0 Å². The molecule has 0 N–H and O–H groups in total. The molecule has 0 aliphatic heterocycles. The lowest BCUT2D eigenvalue weighted by atomic mass is 9.98. The standard InChI is InChI=1S/C57H34N4S2/c1-3-15-35(16-4-1)37-19-13-20-38(31-37)39-29-30-44-47-33-40(61-49-26-10-7-21-41(49)42-22-8-11-27-50(42)61)34-48(54(47)63-52(44)32-39)57-59-55(36-17-5-2-6-18-36)58-56(60-57)46-25-14-24-45-43-23-9-12-28-51(43)62-53(45)46/h1-34H/i2D,5D,6D,17D,18D. The normalized spacial score (nSPS) is 12.9. The summed E-state index contributed by atoms with van der Waals surface area (Å²) in [6, 6.07) is 59.1. The Bertz CT molecular complexity index is 4150. The lowest BCUT2D eigenvalue weighted by Gasteiger charge is -2.13. The molecule has 0 saturated carbocycles. The summed E-state index contributed by atoms with van der Waals surface area (Å²) in [7, 11) is 0. The number of benzene rings is 9. The summed E-state index contributed by atoms with van der Waals surface area (Å²) in [5, 5.41) is 6.52. The SMILES string of the molecule is [2H]c1c([2H])c([2H])c(-c2nc(-c3cccc4c3sc3ccccc34)nc(-c3cc(-n4c5ccccc5c5ccccc54)cc4c3sc3cc(-c5cccc(-c6ccccc6)c5)ccc34)n2)c([2H])c1[2H]. The molecule has 6 heteroatoms. The van der Waals surface area contributed by atoms with E-state index in [4.69, 9.17) is 21.8 Å². The van der Waals surface area contributed by atoms with Crippen LogP contribution < -0.4 is 0 Å². The highest BCUT2D eigenvalue weighted by Crippen LogP contribution is 2.45. The van der Waals surface area contributed by atoms with Gasteiger partial charge in [-0.2, -0.15) is 0 Å². The van der Waals surface area contributed by atoms with Crippen LogP contribution in [0.5, 0.6) is 0 Å². The lowest BCUT2D eigenvalue weighted by Crippen LogP contribution is -2.01. The molecule has 0 amide bonds. The van der Waals surface area contributed by atoms with Gasteiger partial charge in [0.15, 0.2) is 17.5 Å². The molecule has 0 aliphatic rings. The average Bonchev–Trinajstić information content (AvgIpc) is 4.07. The van der Waals surface area contributed by atoms with E-state index in [1.54, 1.807) is 22.7 Å². The van der Waals surface area contributed by atoms with Gasteiger partial charge in [-0.1, -0.05) is 158 Å². The van der Waals surface area contributed by atoms with Crippen LogP contribution >= 0.6 is 22.7 Å². The fraction of sp³-hybridized carbons (Fsp3) is 0. The molecule has 63 heavy (non-hydrogen) atoms. The van der Waals surface area contributed by atoms with Gasteiger partial charge >= 0.3 is 0 Å². The van der Waals surface area contributed by atoms with E-state index >= 15 is 0 Å². The second-order valence-electron chi connectivity index (χ2n) is 15.6. The smallest absolute Gasteiger partial charge is 0.165 e. The Balaban J connectivity index is 1.11. The first-order valence-corrected chi connectivity index (χ1v) is 22.3. The number of hydrogen-bond acceptors (Lipinski definition) is 5. The van der Waals surface area contributed by atoms with Gasteiger partial charge in [-0.05, 0) is 70.8 Å². The van der Waals surface area contributed by atoms with E-state index in [9.17, 15) is 0 Å². The van der Waals surface area contributed by atoms with Crippen molar-refractivity contribution in [2.45, 2.75) is 0 Å². The van der Waals surface area contributed by atoms with Crippen LogP contribution in [0, 0.1) is 0 Å². The van der Waals surface area contributed by atoms with E-state index in [0.29, 0.717) is 11.6 Å². The minimum absolute atomic E-state index is 0.00257. The topological polar surface area (TPSA) is 43.6 Å². The monoisotopic (exact) mass is 843 g/mol. The van der Waals surface area contributed by atoms with E-state index in [2.05, 4.69) is 150 Å². The molecular formula is C57H34N4S2. The van der Waals surface area contributed by atoms with Crippen molar-refractivity contribution in [3.05, 3.63) is 206 Å². The van der Waals surface area contributed by atoms with Crippen molar-refractivity contribution in [3.8, 4) is 62.1 Å². The third-order valence-corrected chi connectivity index (χ3v) is 14.4. The number of hydrogen-bond donors (Lipinski definition) is 0. The predicted octanol–water partition coefficient (Wildman–Crippen LogP) is 16.0. The summed E-state index contributed by atoms with van der Waals surface area (Å²) in [5.41, 5.74) is 8.90. The van der Waals surface area contributed by atoms with E-state index in [1.807, 2.05) is 30.3 Å². The first kappa shape index (κ1) is 31.1. The molecule has 9 aromatic carbocycles. The highest BCUT2D eigenvalue weighted by molar-refractivity contribution is 7.26. The van der Waals surface area contributed by atoms with Gasteiger partial charge in [0.1, 0.15) is 0 Å². The van der Waals surface area contributed by atoms with E-state index in [-0.39, 0.29) is 23.5 Å². The van der Waals surface area contributed by atoms with Crippen LogP contribution in [-0.4, -0.2) is 19.5 Å². The molecule has 0 spiro atoms. The molecule has 4 heterocycles. The van der Waals surface area contributed by atoms with Crippen molar-refractivity contribution in [1.82, 2.24) is 19.5 Å². The van der Waals surface area contributed by atoms with Crippen LogP contribution in [0.2, 0.25) is 0 Å². The maximum Gasteiger partial charge on any atom is 0.165 e. The Morgan fingerprint density at radius 1 is 0.365 bits per heavy atom. The zero-order valence-electron chi connectivity index (χ0n) is 38.3. The summed E-state index contributed by atoms with van der Waals surface area (Å²) in [6.07, 6.45) is 0. The van der Waals surface area contributed by atoms with Gasteiger partial charge in [0.25, 0.3) is 0 Å². The summed E-state index contributed by atoms with van der Waals surface area (Å²) in [6.45, 7) is 0. The van der Waals surface area contributed by atoms with Crippen molar-refractivity contribution in [1.29, 1.82) is 0 Å². The fourth-order valence-electron chi connectivity index (χ4n) is 9.06. The minimum Gasteiger partial charge on any atom is -0.309 e. The van der Waals surface area contributed by atoms with Gasteiger partial charge in [0, 0.05) is 73.5 Å². The zero-order chi connectivity index (χ0) is 45.8. The molecule has 13 aromatic rings. The molecule has 0 bridgehead atoms. The summed E-state index contributed by atoms with van der Waals surface area (Å²) in [4.78, 5) is 15.5. The van der Waals surface area contributed by atoms with Crippen LogP contribution in [0.1, 0.15) is 6.85 Å². The Hall–Kier alpha value is -7.77. The first-order chi connectivity index (χ1) is 33.3. The van der Waals surface area contributed by atoms with Crippen LogP contribution in [0.4, 0.5) is 0 Å². The van der Waals surface area contributed by atoms with Gasteiger partial charge in [0.05, 0.1) is 17.9 Å². The van der Waals surface area contributed by atoms with E-state index in [1.165, 1.54) is 0 Å². The molecule has 0 aliphatic carbocycles. The minimum atomic E-state index is -0.481. The van der Waals surface area contributed by atoms with E-state index in [0.717, 1.165) is 101 Å². The Morgan fingerprint density at radius 2 is 0.937 bits per heavy atom. The van der Waals surface area contributed by atoms with Crippen molar-refractivity contribution in [2.24, 2.45) is 0 Å². The van der Waals surface area contributed by atoms with Crippen LogP contribution in [0.25, 0.3) is 124 Å². The number of rotatable bonds is 6. The molecular weight excluding hydrogens is 805 g/mol. The van der Waals surface area contributed by atoms with Gasteiger partial charge < -0.3 is 4.57 Å².